The number of hydrogen-bond donors (Lipinski definition) is 1. The fourth-order valence-corrected chi connectivity index (χ4v) is 4.52. The Kier molecular flexibility index (Phi) is 6.18. The Bertz CT molecular complexity index is 1180. The van der Waals surface area contributed by atoms with Crippen molar-refractivity contribution in [2.75, 3.05) is 18.6 Å². The molecule has 0 saturated heterocycles. The van der Waals surface area contributed by atoms with Crippen LogP contribution in [0.5, 0.6) is 5.75 Å². The van der Waals surface area contributed by atoms with E-state index in [0.29, 0.717) is 12.1 Å². The smallest absolute Gasteiger partial charge is 0.335 e. The first-order chi connectivity index (χ1) is 15.0. The molecule has 6 heteroatoms. The third-order valence-corrected chi connectivity index (χ3v) is 6.29. The lowest BCUT2D eigenvalue weighted by Crippen LogP contribution is -2.25. The zero-order chi connectivity index (χ0) is 21.8. The number of nitrogens with zero attached hydrogens (tertiary/aromatic N) is 2. The fourth-order valence-electron chi connectivity index (χ4n) is 3.43. The van der Waals surface area contributed by atoms with Crippen molar-refractivity contribution < 1.29 is 14.6 Å². The standard InChI is InChI=1S/C25H24N2O3S/c1-17-3-12-22-23(15-17)31-25(26-22)27(14-13-18-6-10-21(30-2)11-7-18)16-19-4-8-20(9-5-19)24(28)29/h3-12,15H,13-14,16H2,1-2H3,(H,28,29). The van der Waals surface area contributed by atoms with Crippen LogP contribution in [0.4, 0.5) is 5.13 Å². The molecule has 158 valence electrons. The first-order valence-corrected chi connectivity index (χ1v) is 10.9. The van der Waals surface area contributed by atoms with Gasteiger partial charge in [0, 0.05) is 13.1 Å². The van der Waals surface area contributed by atoms with Crippen LogP contribution < -0.4 is 9.64 Å². The number of aromatic nitrogens is 1. The number of carboxylic acids is 1. The Morgan fingerprint density at radius 1 is 1.03 bits per heavy atom. The first-order valence-electron chi connectivity index (χ1n) is 10.1. The molecule has 4 rings (SSSR count). The minimum absolute atomic E-state index is 0.295. The summed E-state index contributed by atoms with van der Waals surface area (Å²) in [5, 5.41) is 10.1. The second-order valence-electron chi connectivity index (χ2n) is 7.49. The number of fused-ring (bicyclic) bond motifs is 1. The van der Waals surface area contributed by atoms with Crippen LogP contribution in [0.15, 0.2) is 66.7 Å². The van der Waals surface area contributed by atoms with Gasteiger partial charge in [-0.05, 0) is 66.4 Å². The van der Waals surface area contributed by atoms with Gasteiger partial charge in [0.1, 0.15) is 5.75 Å². The molecule has 0 bridgehead atoms. The number of hydrogen-bond acceptors (Lipinski definition) is 5. The van der Waals surface area contributed by atoms with Gasteiger partial charge in [0.15, 0.2) is 5.13 Å². The van der Waals surface area contributed by atoms with E-state index in [1.807, 2.05) is 24.3 Å². The van der Waals surface area contributed by atoms with Gasteiger partial charge in [-0.3, -0.25) is 0 Å². The Hall–Kier alpha value is -3.38. The molecule has 0 radical (unpaired) electrons. The fraction of sp³-hybridized carbons (Fsp3) is 0.200. The highest BCUT2D eigenvalue weighted by Crippen LogP contribution is 2.30. The van der Waals surface area contributed by atoms with Crippen molar-refractivity contribution in [2.45, 2.75) is 19.9 Å². The predicted molar refractivity (Wildman–Crippen MR) is 126 cm³/mol. The minimum atomic E-state index is -0.913. The molecule has 0 atom stereocenters. The molecule has 1 N–H and O–H groups in total. The second-order valence-corrected chi connectivity index (χ2v) is 8.50. The molecule has 1 heterocycles. The van der Waals surface area contributed by atoms with Crippen LogP contribution in [0.2, 0.25) is 0 Å². The molecule has 3 aromatic carbocycles. The molecule has 0 saturated carbocycles. The Balaban J connectivity index is 1.59. The van der Waals surface area contributed by atoms with Crippen LogP contribution in [-0.2, 0) is 13.0 Å². The number of carbonyl (C=O) groups is 1. The number of benzene rings is 3. The van der Waals surface area contributed by atoms with E-state index in [-0.39, 0.29) is 0 Å². The quantitative estimate of drug-likeness (QED) is 0.395. The summed E-state index contributed by atoms with van der Waals surface area (Å²) >= 11 is 1.69. The van der Waals surface area contributed by atoms with Gasteiger partial charge in [-0.2, -0.15) is 0 Å². The zero-order valence-electron chi connectivity index (χ0n) is 17.5. The molecule has 1 aromatic heterocycles. The molecular weight excluding hydrogens is 408 g/mol. The van der Waals surface area contributed by atoms with Crippen molar-refractivity contribution in [2.24, 2.45) is 0 Å². The molecule has 4 aromatic rings. The van der Waals surface area contributed by atoms with Gasteiger partial charge in [-0.15, -0.1) is 0 Å². The maximum atomic E-state index is 11.2. The highest BCUT2D eigenvalue weighted by Gasteiger charge is 2.14. The topological polar surface area (TPSA) is 62.7 Å². The summed E-state index contributed by atoms with van der Waals surface area (Å²) in [5.41, 5.74) is 4.79. The van der Waals surface area contributed by atoms with E-state index in [4.69, 9.17) is 14.8 Å². The molecule has 5 nitrogen and oxygen atoms in total. The third kappa shape index (κ3) is 5.03. The van der Waals surface area contributed by atoms with Crippen LogP contribution in [0.1, 0.15) is 27.0 Å². The predicted octanol–water partition coefficient (Wildman–Crippen LogP) is 5.56. The summed E-state index contributed by atoms with van der Waals surface area (Å²) < 4.78 is 6.42. The van der Waals surface area contributed by atoms with Crippen molar-refractivity contribution in [3.8, 4) is 5.75 Å². The van der Waals surface area contributed by atoms with Gasteiger partial charge in [0.05, 0.1) is 22.9 Å². The van der Waals surface area contributed by atoms with E-state index in [9.17, 15) is 4.79 Å². The number of carboxylic acid groups (broad SMARTS) is 1. The largest absolute Gasteiger partial charge is 0.497 e. The summed E-state index contributed by atoms with van der Waals surface area (Å²) in [6, 6.07) is 21.5. The number of thiazole rings is 1. The van der Waals surface area contributed by atoms with Crippen molar-refractivity contribution in [3.05, 3.63) is 89.0 Å². The van der Waals surface area contributed by atoms with Crippen molar-refractivity contribution in [1.29, 1.82) is 0 Å². The third-order valence-electron chi connectivity index (χ3n) is 5.21. The van der Waals surface area contributed by atoms with E-state index in [0.717, 1.165) is 34.9 Å². The van der Waals surface area contributed by atoms with Crippen LogP contribution >= 0.6 is 11.3 Å². The Labute approximate surface area is 185 Å². The van der Waals surface area contributed by atoms with Crippen LogP contribution in [0.25, 0.3) is 10.2 Å². The lowest BCUT2D eigenvalue weighted by molar-refractivity contribution is 0.0697. The van der Waals surface area contributed by atoms with E-state index < -0.39 is 5.97 Å². The molecule has 31 heavy (non-hydrogen) atoms. The summed E-state index contributed by atoms with van der Waals surface area (Å²) in [5.74, 6) is -0.0647. The Morgan fingerprint density at radius 3 is 2.42 bits per heavy atom. The zero-order valence-corrected chi connectivity index (χ0v) is 18.4. The first kappa shape index (κ1) is 20.9. The van der Waals surface area contributed by atoms with E-state index in [1.54, 1.807) is 30.6 Å². The maximum Gasteiger partial charge on any atom is 0.335 e. The molecule has 0 aliphatic carbocycles. The van der Waals surface area contributed by atoms with Crippen molar-refractivity contribution in [1.82, 2.24) is 4.98 Å². The second kappa shape index (κ2) is 9.18. The van der Waals surface area contributed by atoms with Crippen molar-refractivity contribution >= 4 is 32.7 Å². The van der Waals surface area contributed by atoms with Gasteiger partial charge in [0.25, 0.3) is 0 Å². The summed E-state index contributed by atoms with van der Waals surface area (Å²) in [4.78, 5) is 18.3. The van der Waals surface area contributed by atoms with Gasteiger partial charge >= 0.3 is 5.97 Å². The number of aryl methyl sites for hydroxylation is 1. The summed E-state index contributed by atoms with van der Waals surface area (Å²) in [7, 11) is 1.67. The number of rotatable bonds is 8. The summed E-state index contributed by atoms with van der Waals surface area (Å²) in [6.45, 7) is 3.55. The van der Waals surface area contributed by atoms with E-state index >= 15 is 0 Å². The van der Waals surface area contributed by atoms with Gasteiger partial charge < -0.3 is 14.7 Å². The summed E-state index contributed by atoms with van der Waals surface area (Å²) in [6.07, 6.45) is 0.867. The van der Waals surface area contributed by atoms with E-state index in [2.05, 4.69) is 42.2 Å². The average molecular weight is 433 g/mol. The number of methoxy groups -OCH3 is 1. The van der Waals surface area contributed by atoms with Crippen molar-refractivity contribution in [3.63, 3.8) is 0 Å². The average Bonchev–Trinajstić information content (AvgIpc) is 3.20. The number of aromatic carboxylic acids is 1. The monoisotopic (exact) mass is 432 g/mol. The van der Waals surface area contributed by atoms with Gasteiger partial charge in [-0.1, -0.05) is 41.7 Å². The highest BCUT2D eigenvalue weighted by atomic mass is 32.1. The van der Waals surface area contributed by atoms with Crippen LogP contribution in [0, 0.1) is 6.92 Å². The molecule has 0 amide bonds. The highest BCUT2D eigenvalue weighted by molar-refractivity contribution is 7.22. The minimum Gasteiger partial charge on any atom is -0.497 e. The maximum absolute atomic E-state index is 11.2. The number of ether oxygens (including phenoxy) is 1. The van der Waals surface area contributed by atoms with Crippen LogP contribution in [0.3, 0.4) is 0 Å². The molecule has 0 spiro atoms. The Morgan fingerprint density at radius 2 is 1.74 bits per heavy atom. The molecule has 0 aliphatic heterocycles. The van der Waals surface area contributed by atoms with Crippen LogP contribution in [-0.4, -0.2) is 29.7 Å². The molecule has 0 aliphatic rings. The van der Waals surface area contributed by atoms with Gasteiger partial charge in [-0.25, -0.2) is 9.78 Å². The molecular formula is C25H24N2O3S. The SMILES string of the molecule is COc1ccc(CCN(Cc2ccc(C(=O)O)cc2)c2nc3ccc(C)cc3s2)cc1. The lowest BCUT2D eigenvalue weighted by atomic mass is 10.1. The molecule has 0 fully saturated rings. The van der Waals surface area contributed by atoms with Gasteiger partial charge in [0.2, 0.25) is 0 Å². The number of anilines is 1. The van der Waals surface area contributed by atoms with E-state index in [1.165, 1.54) is 15.8 Å². The molecule has 0 unspecified atom stereocenters. The normalized spacial score (nSPS) is 10.9. The lowest BCUT2D eigenvalue weighted by Gasteiger charge is -2.22.